The highest BCUT2D eigenvalue weighted by atomic mass is 16.4. The van der Waals surface area contributed by atoms with Crippen LogP contribution < -0.4 is 5.32 Å². The zero-order valence-corrected chi connectivity index (χ0v) is 9.73. The molecule has 2 rings (SSSR count). The zero-order valence-electron chi connectivity index (χ0n) is 9.73. The van der Waals surface area contributed by atoms with E-state index in [9.17, 15) is 14.4 Å². The molecule has 1 unspecified atom stereocenters. The van der Waals surface area contributed by atoms with Crippen LogP contribution >= 0.6 is 0 Å². The van der Waals surface area contributed by atoms with Gasteiger partial charge >= 0.3 is 12.0 Å². The molecule has 6 heteroatoms. The van der Waals surface area contributed by atoms with Crippen molar-refractivity contribution in [3.05, 3.63) is 0 Å². The minimum Gasteiger partial charge on any atom is -0.480 e. The van der Waals surface area contributed by atoms with Gasteiger partial charge in [0.2, 0.25) is 0 Å². The van der Waals surface area contributed by atoms with Crippen LogP contribution in [0.4, 0.5) is 4.79 Å². The summed E-state index contributed by atoms with van der Waals surface area (Å²) in [7, 11) is 0. The van der Waals surface area contributed by atoms with Gasteiger partial charge in [0.05, 0.1) is 0 Å². The van der Waals surface area contributed by atoms with E-state index in [0.29, 0.717) is 12.8 Å². The first kappa shape index (κ1) is 11.9. The number of nitrogens with one attached hydrogen (secondary N) is 1. The number of carboxylic acid groups (broad SMARTS) is 1. The second kappa shape index (κ2) is 4.01. The number of aliphatic carboxylic acids is 1. The van der Waals surface area contributed by atoms with Crippen molar-refractivity contribution in [3.8, 4) is 0 Å². The Labute approximate surface area is 99.0 Å². The fourth-order valence-corrected chi connectivity index (χ4v) is 2.71. The minimum atomic E-state index is -1.13. The van der Waals surface area contributed by atoms with Gasteiger partial charge in [0, 0.05) is 0 Å². The maximum absolute atomic E-state index is 12.2. The Bertz CT molecular complexity index is 374. The Morgan fingerprint density at radius 3 is 2.53 bits per heavy atom. The molecule has 0 aromatic heterocycles. The molecule has 17 heavy (non-hydrogen) atoms. The normalized spacial score (nSPS) is 24.2. The second-order valence-corrected chi connectivity index (χ2v) is 4.66. The van der Waals surface area contributed by atoms with E-state index in [4.69, 9.17) is 5.11 Å². The summed E-state index contributed by atoms with van der Waals surface area (Å²) in [6.45, 7) is 1.65. The first-order chi connectivity index (χ1) is 8.02. The maximum Gasteiger partial charge on any atom is 0.326 e. The lowest BCUT2D eigenvalue weighted by atomic mass is 9.97. The Balaban J connectivity index is 2.27. The summed E-state index contributed by atoms with van der Waals surface area (Å²) in [6.07, 6.45) is 3.24. The van der Waals surface area contributed by atoms with Crippen LogP contribution in [-0.2, 0) is 9.59 Å². The lowest BCUT2D eigenvalue weighted by Crippen LogP contribution is -2.47. The van der Waals surface area contributed by atoms with Gasteiger partial charge in [0.25, 0.3) is 5.91 Å². The summed E-state index contributed by atoms with van der Waals surface area (Å²) in [6, 6.07) is -1.62. The highest BCUT2D eigenvalue weighted by molar-refractivity contribution is 6.09. The van der Waals surface area contributed by atoms with E-state index in [1.165, 1.54) is 0 Å². The van der Waals surface area contributed by atoms with Crippen LogP contribution in [0.25, 0.3) is 0 Å². The molecular formula is C11H16N2O4. The van der Waals surface area contributed by atoms with Crippen molar-refractivity contribution in [1.29, 1.82) is 0 Å². The van der Waals surface area contributed by atoms with Crippen LogP contribution in [0.5, 0.6) is 0 Å². The van der Waals surface area contributed by atoms with E-state index in [0.717, 1.165) is 17.7 Å². The highest BCUT2D eigenvalue weighted by Gasteiger charge is 2.55. The first-order valence-electron chi connectivity index (χ1n) is 5.90. The van der Waals surface area contributed by atoms with Crippen LogP contribution in [0.3, 0.4) is 0 Å². The number of amides is 3. The number of carboxylic acids is 1. The topological polar surface area (TPSA) is 86.7 Å². The number of rotatable bonds is 3. The molecule has 1 aliphatic carbocycles. The molecule has 1 heterocycles. The predicted molar refractivity (Wildman–Crippen MR) is 58.3 cm³/mol. The minimum absolute atomic E-state index is 0.227. The lowest BCUT2D eigenvalue weighted by molar-refractivity contribution is -0.147. The van der Waals surface area contributed by atoms with Gasteiger partial charge in [-0.15, -0.1) is 0 Å². The Morgan fingerprint density at radius 2 is 2.06 bits per heavy atom. The summed E-state index contributed by atoms with van der Waals surface area (Å²) in [5.41, 5.74) is -0.819. The first-order valence-corrected chi connectivity index (χ1v) is 5.90. The van der Waals surface area contributed by atoms with Gasteiger partial charge in [-0.3, -0.25) is 4.79 Å². The second-order valence-electron chi connectivity index (χ2n) is 4.66. The summed E-state index contributed by atoms with van der Waals surface area (Å²) in [4.78, 5) is 35.9. The number of carbonyl (C=O) groups is 3. The molecule has 94 valence electrons. The standard InChI is InChI=1S/C11H16N2O4/c1-2-7(8(14)15)13-9(16)11(12-10(13)17)5-3-4-6-11/h7H,2-6H2,1H3,(H,12,17)(H,14,15). The van der Waals surface area contributed by atoms with Gasteiger partial charge in [0.15, 0.2) is 0 Å². The highest BCUT2D eigenvalue weighted by Crippen LogP contribution is 2.36. The fourth-order valence-electron chi connectivity index (χ4n) is 2.71. The van der Waals surface area contributed by atoms with E-state index >= 15 is 0 Å². The molecular weight excluding hydrogens is 224 g/mol. The van der Waals surface area contributed by atoms with Crippen molar-refractivity contribution in [3.63, 3.8) is 0 Å². The Morgan fingerprint density at radius 1 is 1.47 bits per heavy atom. The van der Waals surface area contributed by atoms with E-state index in [2.05, 4.69) is 5.32 Å². The van der Waals surface area contributed by atoms with Crippen molar-refractivity contribution in [1.82, 2.24) is 10.2 Å². The van der Waals surface area contributed by atoms with Crippen LogP contribution in [0.15, 0.2) is 0 Å². The molecule has 2 aliphatic rings. The molecule has 0 aromatic carbocycles. The van der Waals surface area contributed by atoms with Crippen molar-refractivity contribution in [2.75, 3.05) is 0 Å². The fraction of sp³-hybridized carbons (Fsp3) is 0.727. The van der Waals surface area contributed by atoms with Crippen LogP contribution in [0, 0.1) is 0 Å². The van der Waals surface area contributed by atoms with Gasteiger partial charge < -0.3 is 10.4 Å². The lowest BCUT2D eigenvalue weighted by Gasteiger charge is -2.23. The number of imide groups is 1. The van der Waals surface area contributed by atoms with Crippen molar-refractivity contribution >= 4 is 17.9 Å². The summed E-state index contributed by atoms with van der Waals surface area (Å²) >= 11 is 0. The monoisotopic (exact) mass is 240 g/mol. The largest absolute Gasteiger partial charge is 0.480 e. The van der Waals surface area contributed by atoms with E-state index in [-0.39, 0.29) is 12.3 Å². The molecule has 0 aromatic rings. The van der Waals surface area contributed by atoms with Crippen LogP contribution in [-0.4, -0.2) is 39.5 Å². The number of carbonyl (C=O) groups excluding carboxylic acids is 2. The summed E-state index contributed by atoms with van der Waals surface area (Å²) < 4.78 is 0. The zero-order chi connectivity index (χ0) is 12.6. The molecule has 2 N–H and O–H groups in total. The quantitative estimate of drug-likeness (QED) is 0.711. The van der Waals surface area contributed by atoms with Crippen LogP contribution in [0.1, 0.15) is 39.0 Å². The molecule has 0 bridgehead atoms. The third-order valence-corrected chi connectivity index (χ3v) is 3.63. The van der Waals surface area contributed by atoms with Crippen molar-refractivity contribution in [2.24, 2.45) is 0 Å². The summed E-state index contributed by atoms with van der Waals surface area (Å²) in [5.74, 6) is -1.50. The average Bonchev–Trinajstić information content (AvgIpc) is 2.81. The van der Waals surface area contributed by atoms with E-state index in [1.54, 1.807) is 6.92 Å². The molecule has 1 saturated heterocycles. The van der Waals surface area contributed by atoms with Gasteiger partial charge in [0.1, 0.15) is 11.6 Å². The Kier molecular flexibility index (Phi) is 2.81. The smallest absolute Gasteiger partial charge is 0.326 e. The van der Waals surface area contributed by atoms with Crippen molar-refractivity contribution in [2.45, 2.75) is 50.6 Å². The molecule has 2 fully saturated rings. The molecule has 3 amide bonds. The predicted octanol–water partition coefficient (Wildman–Crippen LogP) is 0.714. The number of nitrogens with zero attached hydrogens (tertiary/aromatic N) is 1. The molecule has 1 aliphatic heterocycles. The SMILES string of the molecule is CCC(C(=O)O)N1C(=O)NC2(CCCC2)C1=O. The molecule has 0 radical (unpaired) electrons. The number of hydrogen-bond acceptors (Lipinski definition) is 3. The number of urea groups is 1. The van der Waals surface area contributed by atoms with Crippen LogP contribution in [0.2, 0.25) is 0 Å². The molecule has 1 atom stereocenters. The average molecular weight is 240 g/mol. The third kappa shape index (κ3) is 1.67. The Hall–Kier alpha value is -1.59. The van der Waals surface area contributed by atoms with Gasteiger partial charge in [-0.1, -0.05) is 19.8 Å². The molecule has 1 spiro atoms. The van der Waals surface area contributed by atoms with E-state index < -0.39 is 23.6 Å². The maximum atomic E-state index is 12.2. The third-order valence-electron chi connectivity index (χ3n) is 3.63. The van der Waals surface area contributed by atoms with Gasteiger partial charge in [-0.2, -0.15) is 0 Å². The van der Waals surface area contributed by atoms with Gasteiger partial charge in [-0.05, 0) is 19.3 Å². The summed E-state index contributed by atoms with van der Waals surface area (Å²) in [5, 5.41) is 11.7. The number of hydrogen-bond donors (Lipinski definition) is 2. The molecule has 1 saturated carbocycles. The van der Waals surface area contributed by atoms with Crippen molar-refractivity contribution < 1.29 is 19.5 Å². The van der Waals surface area contributed by atoms with Gasteiger partial charge in [-0.25, -0.2) is 14.5 Å². The molecule has 6 nitrogen and oxygen atoms in total. The van der Waals surface area contributed by atoms with E-state index in [1.807, 2.05) is 0 Å².